The van der Waals surface area contributed by atoms with E-state index in [9.17, 15) is 0 Å². The van der Waals surface area contributed by atoms with Gasteiger partial charge in [0.05, 0.1) is 6.54 Å². The normalized spacial score (nSPS) is 17.2. The molecule has 2 heterocycles. The Morgan fingerprint density at radius 3 is 2.96 bits per heavy atom. The second-order valence-electron chi connectivity index (χ2n) is 6.94. The van der Waals surface area contributed by atoms with Crippen molar-refractivity contribution >= 4 is 47.0 Å². The topological polar surface area (TPSA) is 53.6 Å². The van der Waals surface area contributed by atoms with Crippen LogP contribution in [0.5, 0.6) is 0 Å². The average molecular weight is 482 g/mol. The molecular weight excluding hydrogens is 455 g/mol. The Balaban J connectivity index is 0.00000196. The van der Waals surface area contributed by atoms with Crippen LogP contribution in [0.4, 0.5) is 5.69 Å². The summed E-state index contributed by atoms with van der Waals surface area (Å²) in [5.74, 6) is 0.534. The van der Waals surface area contributed by atoms with Gasteiger partial charge in [-0.2, -0.15) is 0 Å². The molecule has 0 saturated carbocycles. The Kier molecular flexibility index (Phi) is 6.94. The lowest BCUT2D eigenvalue weighted by molar-refractivity contribution is 0.264. The van der Waals surface area contributed by atoms with Crippen LogP contribution in [0.2, 0.25) is 0 Å². The van der Waals surface area contributed by atoms with Gasteiger partial charge in [-0.3, -0.25) is 9.89 Å². The van der Waals surface area contributed by atoms with E-state index in [1.54, 1.807) is 4.88 Å². The molecule has 1 aromatic carbocycles. The number of anilines is 1. The van der Waals surface area contributed by atoms with Crippen LogP contribution in [0.25, 0.3) is 0 Å². The van der Waals surface area contributed by atoms with Crippen LogP contribution in [0.3, 0.4) is 0 Å². The van der Waals surface area contributed by atoms with Crippen LogP contribution in [0.15, 0.2) is 34.6 Å². The largest absolute Gasteiger partial charge is 0.370 e. The molecule has 1 aliphatic heterocycles. The zero-order valence-corrected chi connectivity index (χ0v) is 18.2. The third kappa shape index (κ3) is 4.58. The highest BCUT2D eigenvalue weighted by Gasteiger charge is 2.16. The number of aliphatic imine (C=N–C) groups is 1. The molecule has 26 heavy (non-hydrogen) atoms. The van der Waals surface area contributed by atoms with Crippen molar-refractivity contribution < 1.29 is 0 Å². The number of nitrogens with two attached hydrogens (primary N) is 1. The van der Waals surface area contributed by atoms with E-state index in [1.807, 2.05) is 11.3 Å². The number of hydrogen-bond acceptors (Lipinski definition) is 3. The Morgan fingerprint density at radius 2 is 2.04 bits per heavy atom. The number of nitrogens with zero attached hydrogens (tertiary/aromatic N) is 2. The van der Waals surface area contributed by atoms with Crippen molar-refractivity contribution in [1.29, 1.82) is 0 Å². The summed E-state index contributed by atoms with van der Waals surface area (Å²) in [5.41, 5.74) is 11.6. The Labute approximate surface area is 176 Å². The number of fused-ring (bicyclic) bond motifs is 2. The number of rotatable bonds is 4. The van der Waals surface area contributed by atoms with Crippen molar-refractivity contribution in [2.75, 3.05) is 25.0 Å². The fraction of sp³-hybridized carbons (Fsp3) is 0.450. The monoisotopic (exact) mass is 482 g/mol. The molecule has 1 aliphatic carbocycles. The fourth-order valence-electron chi connectivity index (χ4n) is 3.89. The summed E-state index contributed by atoms with van der Waals surface area (Å²) < 4.78 is 0. The van der Waals surface area contributed by atoms with E-state index in [-0.39, 0.29) is 24.0 Å². The van der Waals surface area contributed by atoms with Crippen molar-refractivity contribution in [3.63, 3.8) is 0 Å². The smallest absolute Gasteiger partial charge is 0.193 e. The van der Waals surface area contributed by atoms with Crippen LogP contribution in [-0.4, -0.2) is 30.5 Å². The van der Waals surface area contributed by atoms with E-state index in [1.165, 1.54) is 42.4 Å². The minimum absolute atomic E-state index is 0. The van der Waals surface area contributed by atoms with Crippen molar-refractivity contribution in [3.8, 4) is 0 Å². The van der Waals surface area contributed by atoms with Gasteiger partial charge in [0.15, 0.2) is 5.96 Å². The highest BCUT2D eigenvalue weighted by molar-refractivity contribution is 14.0. The molecule has 0 bridgehead atoms. The standard InChI is InChI=1S/C20H26N4S.HI/c21-20(23-18-7-3-5-15-4-1-2-6-17(15)18)22-10-12-24-11-8-19-16(14-24)9-13-25-19;/h3,5,7,9,13H,1-2,4,6,8,10-12,14H2,(H3,21,22,23);1H. The van der Waals surface area contributed by atoms with Gasteiger partial charge in [-0.1, -0.05) is 12.1 Å². The van der Waals surface area contributed by atoms with Gasteiger partial charge < -0.3 is 11.1 Å². The van der Waals surface area contributed by atoms with Gasteiger partial charge in [-0.25, -0.2) is 0 Å². The highest BCUT2D eigenvalue weighted by Crippen LogP contribution is 2.27. The van der Waals surface area contributed by atoms with E-state index in [4.69, 9.17) is 5.73 Å². The van der Waals surface area contributed by atoms with Crippen molar-refractivity contribution in [2.24, 2.45) is 10.7 Å². The maximum absolute atomic E-state index is 6.14. The summed E-state index contributed by atoms with van der Waals surface area (Å²) in [6.45, 7) is 3.88. The minimum Gasteiger partial charge on any atom is -0.370 e. The summed E-state index contributed by atoms with van der Waals surface area (Å²) in [4.78, 5) is 8.57. The van der Waals surface area contributed by atoms with Gasteiger partial charge in [-0.15, -0.1) is 35.3 Å². The molecule has 0 saturated heterocycles. The van der Waals surface area contributed by atoms with Crippen LogP contribution < -0.4 is 11.1 Å². The predicted octanol–water partition coefficient (Wildman–Crippen LogP) is 4.03. The maximum atomic E-state index is 6.14. The molecule has 2 aliphatic rings. The van der Waals surface area contributed by atoms with Gasteiger partial charge in [-0.05, 0) is 66.3 Å². The first-order valence-electron chi connectivity index (χ1n) is 9.25. The van der Waals surface area contributed by atoms with Crippen LogP contribution in [-0.2, 0) is 25.8 Å². The summed E-state index contributed by atoms with van der Waals surface area (Å²) >= 11 is 1.88. The lowest BCUT2D eigenvalue weighted by Crippen LogP contribution is -2.32. The molecule has 0 fully saturated rings. The lowest BCUT2D eigenvalue weighted by atomic mass is 9.90. The minimum atomic E-state index is 0. The number of nitrogens with one attached hydrogen (secondary N) is 1. The number of hydrogen-bond donors (Lipinski definition) is 2. The van der Waals surface area contributed by atoms with E-state index in [0.29, 0.717) is 5.96 Å². The van der Waals surface area contributed by atoms with Gasteiger partial charge in [0, 0.05) is 30.2 Å². The SMILES string of the molecule is I.NC(=NCCN1CCc2sccc2C1)Nc1cccc2c1CCCC2. The maximum Gasteiger partial charge on any atom is 0.193 e. The zero-order valence-electron chi connectivity index (χ0n) is 15.0. The van der Waals surface area contributed by atoms with Gasteiger partial charge in [0.25, 0.3) is 0 Å². The molecule has 2 aromatic rings. The number of halogens is 1. The summed E-state index contributed by atoms with van der Waals surface area (Å²) in [7, 11) is 0. The third-order valence-electron chi connectivity index (χ3n) is 5.24. The van der Waals surface area contributed by atoms with Crippen molar-refractivity contribution in [2.45, 2.75) is 38.6 Å². The zero-order chi connectivity index (χ0) is 17.1. The summed E-state index contributed by atoms with van der Waals surface area (Å²) in [5, 5.41) is 5.53. The Hall–Kier alpha value is -1.12. The summed E-state index contributed by atoms with van der Waals surface area (Å²) in [6.07, 6.45) is 6.05. The number of aryl methyl sites for hydroxylation is 1. The first-order valence-corrected chi connectivity index (χ1v) is 10.1. The van der Waals surface area contributed by atoms with Crippen LogP contribution in [0, 0.1) is 0 Å². The number of benzene rings is 1. The van der Waals surface area contributed by atoms with E-state index in [0.717, 1.165) is 38.3 Å². The second-order valence-corrected chi connectivity index (χ2v) is 7.94. The Bertz CT molecular complexity index is 771. The van der Waals surface area contributed by atoms with Gasteiger partial charge >= 0.3 is 0 Å². The molecule has 140 valence electrons. The quantitative estimate of drug-likeness (QED) is 0.393. The van der Waals surface area contributed by atoms with Gasteiger partial charge in [0.1, 0.15) is 0 Å². The highest BCUT2D eigenvalue weighted by atomic mass is 127. The average Bonchev–Trinajstić information content (AvgIpc) is 3.10. The number of thiophene rings is 1. The van der Waals surface area contributed by atoms with Crippen molar-refractivity contribution in [1.82, 2.24) is 4.90 Å². The molecular formula is C20H27IN4S. The molecule has 0 unspecified atom stereocenters. The van der Waals surface area contributed by atoms with Crippen LogP contribution >= 0.6 is 35.3 Å². The lowest BCUT2D eigenvalue weighted by Gasteiger charge is -2.26. The van der Waals surface area contributed by atoms with E-state index >= 15 is 0 Å². The molecule has 0 atom stereocenters. The first-order chi connectivity index (χ1) is 12.3. The third-order valence-corrected chi connectivity index (χ3v) is 6.27. The van der Waals surface area contributed by atoms with Crippen molar-refractivity contribution in [3.05, 3.63) is 51.2 Å². The molecule has 0 radical (unpaired) electrons. The molecule has 1 aromatic heterocycles. The predicted molar refractivity (Wildman–Crippen MR) is 122 cm³/mol. The Morgan fingerprint density at radius 1 is 1.15 bits per heavy atom. The fourth-order valence-corrected chi connectivity index (χ4v) is 4.78. The molecule has 4 nitrogen and oxygen atoms in total. The molecule has 0 spiro atoms. The molecule has 0 amide bonds. The van der Waals surface area contributed by atoms with Gasteiger partial charge in [0.2, 0.25) is 0 Å². The summed E-state index contributed by atoms with van der Waals surface area (Å²) in [6, 6.07) is 8.73. The molecule has 3 N–H and O–H groups in total. The van der Waals surface area contributed by atoms with Crippen LogP contribution in [0.1, 0.15) is 34.4 Å². The molecule has 6 heteroatoms. The number of guanidine groups is 1. The molecule has 4 rings (SSSR count). The van der Waals surface area contributed by atoms with E-state index < -0.39 is 0 Å². The first kappa shape index (κ1) is 19.6. The van der Waals surface area contributed by atoms with E-state index in [2.05, 4.69) is 44.9 Å². The second kappa shape index (κ2) is 9.19.